The fourth-order valence-corrected chi connectivity index (χ4v) is 2.73. The van der Waals surface area contributed by atoms with Crippen molar-refractivity contribution >= 4 is 11.6 Å². The van der Waals surface area contributed by atoms with Gasteiger partial charge >= 0.3 is 0 Å². The Morgan fingerprint density at radius 1 is 1.17 bits per heavy atom. The van der Waals surface area contributed by atoms with E-state index in [0.29, 0.717) is 36.2 Å². The highest BCUT2D eigenvalue weighted by atomic mass is 19.1. The lowest BCUT2D eigenvalue weighted by Gasteiger charge is -2.14. The number of aliphatic imine (C=N–C) groups is 1. The van der Waals surface area contributed by atoms with E-state index in [1.54, 1.807) is 19.1 Å². The van der Waals surface area contributed by atoms with E-state index in [4.69, 9.17) is 9.26 Å². The van der Waals surface area contributed by atoms with Crippen molar-refractivity contribution in [1.29, 1.82) is 0 Å². The molecule has 0 saturated heterocycles. The van der Waals surface area contributed by atoms with Crippen LogP contribution in [0.2, 0.25) is 0 Å². The van der Waals surface area contributed by atoms with E-state index in [1.165, 1.54) is 6.07 Å². The van der Waals surface area contributed by atoms with Crippen LogP contribution in [0, 0.1) is 12.7 Å². The van der Waals surface area contributed by atoms with Gasteiger partial charge in [-0.25, -0.2) is 9.38 Å². The predicted octanol–water partition coefficient (Wildman–Crippen LogP) is 4.10. The molecule has 0 spiro atoms. The summed E-state index contributed by atoms with van der Waals surface area (Å²) >= 11 is 0. The quantitative estimate of drug-likeness (QED) is 0.429. The van der Waals surface area contributed by atoms with Gasteiger partial charge in [-0.2, -0.15) is 4.98 Å². The number of halogens is 1. The van der Waals surface area contributed by atoms with Crippen LogP contribution in [0.4, 0.5) is 10.1 Å². The number of nitrogens with one attached hydrogen (secondary N) is 2. The Hall–Kier alpha value is -3.42. The summed E-state index contributed by atoms with van der Waals surface area (Å²) in [7, 11) is 0. The van der Waals surface area contributed by atoms with Crippen LogP contribution in [0.3, 0.4) is 0 Å². The third-order valence-corrected chi connectivity index (χ3v) is 4.08. The van der Waals surface area contributed by atoms with E-state index < -0.39 is 0 Å². The first-order valence-corrected chi connectivity index (χ1v) is 9.84. The van der Waals surface area contributed by atoms with Crippen LogP contribution in [0.1, 0.15) is 31.1 Å². The molecule has 158 valence electrons. The summed E-state index contributed by atoms with van der Waals surface area (Å²) in [5, 5.41) is 10.2. The van der Waals surface area contributed by atoms with E-state index >= 15 is 0 Å². The summed E-state index contributed by atoms with van der Waals surface area (Å²) in [6.45, 7) is 6.45. The van der Waals surface area contributed by atoms with Crippen LogP contribution in [-0.2, 0) is 13.0 Å². The number of anilines is 1. The van der Waals surface area contributed by atoms with E-state index in [2.05, 4.69) is 25.8 Å². The van der Waals surface area contributed by atoms with Crippen molar-refractivity contribution in [1.82, 2.24) is 15.5 Å². The summed E-state index contributed by atoms with van der Waals surface area (Å²) in [6, 6.07) is 14.3. The molecule has 0 aliphatic heterocycles. The summed E-state index contributed by atoms with van der Waals surface area (Å²) < 4.78 is 24.6. The summed E-state index contributed by atoms with van der Waals surface area (Å²) in [4.78, 5) is 8.66. The van der Waals surface area contributed by atoms with Crippen LogP contribution in [0.5, 0.6) is 5.75 Å². The second-order valence-corrected chi connectivity index (χ2v) is 6.98. The van der Waals surface area contributed by atoms with Crippen molar-refractivity contribution in [3.05, 3.63) is 71.6 Å². The number of aromatic nitrogens is 2. The molecule has 0 unspecified atom stereocenters. The molecular formula is C22H26FN5O2. The Labute approximate surface area is 175 Å². The molecule has 0 radical (unpaired) electrons. The maximum atomic E-state index is 13.8. The van der Waals surface area contributed by atoms with Gasteiger partial charge < -0.3 is 19.9 Å². The van der Waals surface area contributed by atoms with Crippen LogP contribution >= 0.6 is 0 Å². The van der Waals surface area contributed by atoms with Gasteiger partial charge in [-0.1, -0.05) is 23.4 Å². The smallest absolute Gasteiger partial charge is 0.248 e. The molecule has 3 rings (SSSR count). The van der Waals surface area contributed by atoms with Gasteiger partial charge in [0.05, 0.1) is 6.10 Å². The molecule has 0 saturated carbocycles. The Balaban J connectivity index is 1.66. The third kappa shape index (κ3) is 6.58. The van der Waals surface area contributed by atoms with Gasteiger partial charge in [-0.15, -0.1) is 0 Å². The number of aryl methyl sites for hydroxylation is 1. The van der Waals surface area contributed by atoms with Gasteiger partial charge in [0.15, 0.2) is 11.8 Å². The maximum Gasteiger partial charge on any atom is 0.248 e. The number of guanidine groups is 1. The fourth-order valence-electron chi connectivity index (χ4n) is 2.73. The zero-order valence-electron chi connectivity index (χ0n) is 17.4. The number of hydrogen-bond donors (Lipinski definition) is 2. The summed E-state index contributed by atoms with van der Waals surface area (Å²) in [5.41, 5.74) is 1.48. The highest BCUT2D eigenvalue weighted by molar-refractivity contribution is 5.93. The van der Waals surface area contributed by atoms with Crippen LogP contribution in [0.25, 0.3) is 0 Å². The number of benzene rings is 2. The fraction of sp³-hybridized carbons (Fsp3) is 0.318. The number of ether oxygens (including phenoxy) is 1. The van der Waals surface area contributed by atoms with Gasteiger partial charge in [0.25, 0.3) is 0 Å². The molecule has 1 heterocycles. The molecule has 0 bridgehead atoms. The number of rotatable bonds is 8. The minimum atomic E-state index is -0.215. The summed E-state index contributed by atoms with van der Waals surface area (Å²) in [6.07, 6.45) is 0.632. The van der Waals surface area contributed by atoms with E-state index in [0.717, 1.165) is 11.4 Å². The predicted molar refractivity (Wildman–Crippen MR) is 114 cm³/mol. The first-order valence-electron chi connectivity index (χ1n) is 9.84. The lowest BCUT2D eigenvalue weighted by molar-refractivity contribution is 0.242. The normalized spacial score (nSPS) is 11.6. The van der Waals surface area contributed by atoms with Gasteiger partial charge in [-0.3, -0.25) is 0 Å². The molecule has 8 heteroatoms. The average molecular weight is 411 g/mol. The van der Waals surface area contributed by atoms with Crippen LogP contribution in [-0.4, -0.2) is 28.7 Å². The molecule has 1 aromatic heterocycles. The van der Waals surface area contributed by atoms with Crippen LogP contribution in [0.15, 0.2) is 58.0 Å². The Bertz CT molecular complexity index is 970. The standard InChI is InChI=1S/C22H26FN5O2/c1-15(2)29-19-10-8-18(9-11-19)27-22(25-14-21-26-16(3)28-30-21)24-13-12-17-6-4-5-7-20(17)23/h4-11,15H,12-14H2,1-3H3,(H2,24,25,27). The molecule has 0 fully saturated rings. The van der Waals surface area contributed by atoms with Gasteiger partial charge in [0, 0.05) is 12.2 Å². The van der Waals surface area contributed by atoms with Gasteiger partial charge in [-0.05, 0) is 63.1 Å². The van der Waals surface area contributed by atoms with Gasteiger partial charge in [0.1, 0.15) is 18.1 Å². The van der Waals surface area contributed by atoms with E-state index in [1.807, 2.05) is 44.2 Å². The molecule has 7 nitrogen and oxygen atoms in total. The maximum absolute atomic E-state index is 13.8. The second-order valence-electron chi connectivity index (χ2n) is 6.98. The average Bonchev–Trinajstić information content (AvgIpc) is 3.13. The highest BCUT2D eigenvalue weighted by Crippen LogP contribution is 2.17. The molecule has 0 aliphatic rings. The lowest BCUT2D eigenvalue weighted by atomic mass is 10.1. The van der Waals surface area contributed by atoms with Crippen molar-refractivity contribution in [3.63, 3.8) is 0 Å². The molecule has 0 aliphatic carbocycles. The highest BCUT2D eigenvalue weighted by Gasteiger charge is 2.06. The molecule has 2 aromatic carbocycles. The third-order valence-electron chi connectivity index (χ3n) is 4.08. The monoisotopic (exact) mass is 411 g/mol. The SMILES string of the molecule is Cc1noc(CN=C(NCCc2ccccc2F)Nc2ccc(OC(C)C)cc2)n1. The van der Waals surface area contributed by atoms with Gasteiger partial charge in [0.2, 0.25) is 5.89 Å². The molecular weight excluding hydrogens is 385 g/mol. The van der Waals surface area contributed by atoms with Crippen molar-refractivity contribution < 1.29 is 13.7 Å². The Morgan fingerprint density at radius 2 is 1.93 bits per heavy atom. The first-order chi connectivity index (χ1) is 14.5. The minimum Gasteiger partial charge on any atom is -0.491 e. The van der Waals surface area contributed by atoms with Crippen molar-refractivity contribution in [2.75, 3.05) is 11.9 Å². The topological polar surface area (TPSA) is 84.6 Å². The molecule has 0 amide bonds. The second kappa shape index (κ2) is 10.4. The van der Waals surface area contributed by atoms with Crippen molar-refractivity contribution in [2.45, 2.75) is 39.8 Å². The Kier molecular flexibility index (Phi) is 7.37. The zero-order chi connectivity index (χ0) is 21.3. The number of hydrogen-bond acceptors (Lipinski definition) is 5. The van der Waals surface area contributed by atoms with E-state index in [-0.39, 0.29) is 18.5 Å². The summed E-state index contributed by atoms with van der Waals surface area (Å²) in [5.74, 6) is 2.08. The molecule has 0 atom stereocenters. The molecule has 30 heavy (non-hydrogen) atoms. The zero-order valence-corrected chi connectivity index (χ0v) is 17.4. The first kappa shape index (κ1) is 21.3. The van der Waals surface area contributed by atoms with Crippen molar-refractivity contribution in [2.24, 2.45) is 4.99 Å². The molecule has 2 N–H and O–H groups in total. The Morgan fingerprint density at radius 3 is 2.60 bits per heavy atom. The largest absolute Gasteiger partial charge is 0.491 e. The lowest BCUT2D eigenvalue weighted by Crippen LogP contribution is -2.32. The minimum absolute atomic E-state index is 0.110. The van der Waals surface area contributed by atoms with Crippen LogP contribution < -0.4 is 15.4 Å². The van der Waals surface area contributed by atoms with E-state index in [9.17, 15) is 4.39 Å². The number of nitrogens with zero attached hydrogens (tertiary/aromatic N) is 3. The molecule has 3 aromatic rings. The van der Waals surface area contributed by atoms with Crippen molar-refractivity contribution in [3.8, 4) is 5.75 Å².